The Kier molecular flexibility index (Phi) is 6.83. The second kappa shape index (κ2) is 8.98. The van der Waals surface area contributed by atoms with Gasteiger partial charge in [-0.3, -0.25) is 4.79 Å². The SMILES string of the molecule is C=CC[C@@H]1C[C@]2(C)C3CC[C@]4(C)C(C(C)CCCC(C)C)CCC4C3CC[C@H]2CC1=O. The van der Waals surface area contributed by atoms with Crippen LogP contribution in [0.15, 0.2) is 12.7 Å². The van der Waals surface area contributed by atoms with E-state index >= 15 is 0 Å². The van der Waals surface area contributed by atoms with E-state index in [0.29, 0.717) is 22.5 Å². The smallest absolute Gasteiger partial charge is 0.136 e. The third-order valence-corrected chi connectivity index (χ3v) is 11.3. The molecule has 1 heteroatoms. The molecule has 0 bridgehead atoms. The number of carbonyl (C=O) groups excluding carboxylic acids is 1. The molecule has 0 heterocycles. The third kappa shape index (κ3) is 4.10. The summed E-state index contributed by atoms with van der Waals surface area (Å²) in [7, 11) is 0. The topological polar surface area (TPSA) is 17.1 Å². The van der Waals surface area contributed by atoms with Crippen LogP contribution >= 0.6 is 0 Å². The maximum absolute atomic E-state index is 12.8. The van der Waals surface area contributed by atoms with Gasteiger partial charge in [0.05, 0.1) is 0 Å². The zero-order chi connectivity index (χ0) is 22.4. The Balaban J connectivity index is 1.49. The van der Waals surface area contributed by atoms with Gasteiger partial charge >= 0.3 is 0 Å². The van der Waals surface area contributed by atoms with Gasteiger partial charge in [-0.05, 0) is 104 Å². The average molecular weight is 427 g/mol. The van der Waals surface area contributed by atoms with Crippen LogP contribution < -0.4 is 0 Å². The van der Waals surface area contributed by atoms with Crippen molar-refractivity contribution in [2.24, 2.45) is 58.2 Å². The van der Waals surface area contributed by atoms with Crippen molar-refractivity contribution in [3.8, 4) is 0 Å². The Bertz CT molecular complexity index is 663. The van der Waals surface area contributed by atoms with Gasteiger partial charge in [-0.15, -0.1) is 6.58 Å². The van der Waals surface area contributed by atoms with Crippen LogP contribution in [0.2, 0.25) is 0 Å². The van der Waals surface area contributed by atoms with Crippen LogP contribution in [0.25, 0.3) is 0 Å². The molecule has 0 aromatic rings. The first kappa shape index (κ1) is 23.6. The number of rotatable bonds is 7. The molecule has 9 atom stereocenters. The van der Waals surface area contributed by atoms with Gasteiger partial charge in [0, 0.05) is 12.3 Å². The van der Waals surface area contributed by atoms with Crippen molar-refractivity contribution in [2.45, 2.75) is 112 Å². The van der Waals surface area contributed by atoms with E-state index < -0.39 is 0 Å². The van der Waals surface area contributed by atoms with Gasteiger partial charge in [0.1, 0.15) is 5.78 Å². The molecule has 0 spiro atoms. The fourth-order valence-corrected chi connectivity index (χ4v) is 9.68. The Morgan fingerprint density at radius 2 is 1.74 bits per heavy atom. The molecule has 0 radical (unpaired) electrons. The van der Waals surface area contributed by atoms with Gasteiger partial charge in [0.15, 0.2) is 0 Å². The highest BCUT2D eigenvalue weighted by molar-refractivity contribution is 5.82. The highest BCUT2D eigenvalue weighted by atomic mass is 16.1. The fourth-order valence-electron chi connectivity index (χ4n) is 9.68. The van der Waals surface area contributed by atoms with Crippen molar-refractivity contribution in [3.05, 3.63) is 12.7 Å². The second-order valence-electron chi connectivity index (χ2n) is 13.3. The van der Waals surface area contributed by atoms with Gasteiger partial charge < -0.3 is 0 Å². The summed E-state index contributed by atoms with van der Waals surface area (Å²) >= 11 is 0. The monoisotopic (exact) mass is 426 g/mol. The summed E-state index contributed by atoms with van der Waals surface area (Å²) in [4.78, 5) is 12.8. The predicted octanol–water partition coefficient (Wildman–Crippen LogP) is 8.48. The van der Waals surface area contributed by atoms with Gasteiger partial charge in [-0.1, -0.05) is 60.0 Å². The first-order valence-electron chi connectivity index (χ1n) is 13.8. The van der Waals surface area contributed by atoms with E-state index in [1.807, 2.05) is 6.08 Å². The van der Waals surface area contributed by atoms with Crippen molar-refractivity contribution >= 4 is 5.78 Å². The predicted molar refractivity (Wildman–Crippen MR) is 132 cm³/mol. The molecule has 0 aromatic carbocycles. The van der Waals surface area contributed by atoms with Gasteiger partial charge in [0.25, 0.3) is 0 Å². The van der Waals surface area contributed by atoms with Gasteiger partial charge in [-0.25, -0.2) is 0 Å². The van der Waals surface area contributed by atoms with E-state index in [2.05, 4.69) is 41.2 Å². The molecule has 176 valence electrons. The molecule has 4 rings (SSSR count). The van der Waals surface area contributed by atoms with Crippen LogP contribution in [0.5, 0.6) is 0 Å². The lowest BCUT2D eigenvalue weighted by molar-refractivity contribution is -0.148. The molecule has 0 amide bonds. The van der Waals surface area contributed by atoms with Crippen molar-refractivity contribution in [1.29, 1.82) is 0 Å². The molecule has 1 nitrogen and oxygen atoms in total. The Labute approximate surface area is 193 Å². The molecule has 0 aromatic heterocycles. The minimum Gasteiger partial charge on any atom is -0.299 e. The van der Waals surface area contributed by atoms with E-state index in [-0.39, 0.29) is 5.92 Å². The maximum atomic E-state index is 12.8. The van der Waals surface area contributed by atoms with E-state index in [1.165, 1.54) is 57.8 Å². The van der Waals surface area contributed by atoms with Crippen molar-refractivity contribution < 1.29 is 4.79 Å². The highest BCUT2D eigenvalue weighted by Crippen LogP contribution is 2.68. The van der Waals surface area contributed by atoms with E-state index in [1.54, 1.807) is 0 Å². The molecular formula is C30H50O. The fraction of sp³-hybridized carbons (Fsp3) is 0.900. The molecule has 0 N–H and O–H groups in total. The zero-order valence-electron chi connectivity index (χ0n) is 21.3. The van der Waals surface area contributed by atoms with Crippen LogP contribution in [0, 0.1) is 58.2 Å². The summed E-state index contributed by atoms with van der Waals surface area (Å²) in [5.74, 6) is 6.85. The lowest BCUT2D eigenvalue weighted by atomic mass is 9.43. The summed E-state index contributed by atoms with van der Waals surface area (Å²) < 4.78 is 0. The quantitative estimate of drug-likeness (QED) is 0.373. The van der Waals surface area contributed by atoms with Crippen LogP contribution in [0.1, 0.15) is 112 Å². The van der Waals surface area contributed by atoms with Crippen molar-refractivity contribution in [1.82, 2.24) is 0 Å². The molecule has 4 aliphatic rings. The average Bonchev–Trinajstić information content (AvgIpc) is 3.06. The van der Waals surface area contributed by atoms with Crippen LogP contribution in [0.3, 0.4) is 0 Å². The van der Waals surface area contributed by atoms with E-state index in [4.69, 9.17) is 0 Å². The van der Waals surface area contributed by atoms with E-state index in [0.717, 1.165) is 54.8 Å². The Morgan fingerprint density at radius 1 is 1.00 bits per heavy atom. The van der Waals surface area contributed by atoms with E-state index in [9.17, 15) is 4.79 Å². The first-order valence-corrected chi connectivity index (χ1v) is 13.8. The van der Waals surface area contributed by atoms with Gasteiger partial charge in [0.2, 0.25) is 0 Å². The molecule has 31 heavy (non-hydrogen) atoms. The Hall–Kier alpha value is -0.590. The molecule has 0 aliphatic heterocycles. The van der Waals surface area contributed by atoms with Crippen LogP contribution in [-0.4, -0.2) is 5.78 Å². The molecular weight excluding hydrogens is 376 g/mol. The lowest BCUT2D eigenvalue weighted by Gasteiger charge is -2.61. The summed E-state index contributed by atoms with van der Waals surface area (Å²) in [6.45, 7) is 16.6. The maximum Gasteiger partial charge on any atom is 0.136 e. The minimum absolute atomic E-state index is 0.253. The molecule has 5 unspecified atom stereocenters. The number of carbonyl (C=O) groups is 1. The number of allylic oxidation sites excluding steroid dienone is 1. The van der Waals surface area contributed by atoms with Gasteiger partial charge in [-0.2, -0.15) is 0 Å². The van der Waals surface area contributed by atoms with Crippen molar-refractivity contribution in [3.63, 3.8) is 0 Å². The number of hydrogen-bond donors (Lipinski definition) is 0. The number of hydrogen-bond acceptors (Lipinski definition) is 1. The summed E-state index contributed by atoms with van der Waals surface area (Å²) in [6.07, 6.45) is 17.7. The second-order valence-corrected chi connectivity index (χ2v) is 13.3. The molecule has 4 aliphatic carbocycles. The molecule has 0 saturated heterocycles. The standard InChI is InChI=1S/C30H50O/c1-7-9-22-19-30(6)23(18-28(22)31)12-13-24-26-15-14-25(21(4)11-8-10-20(2)3)29(26,5)17-16-27(24)30/h7,20-27H,1,8-19H2,2-6H3/t21?,22-,23+,24?,25?,26?,27?,29-,30+/m1/s1. The molecule has 4 fully saturated rings. The normalized spacial score (nSPS) is 45.7. The van der Waals surface area contributed by atoms with Crippen LogP contribution in [0.4, 0.5) is 0 Å². The van der Waals surface area contributed by atoms with Crippen molar-refractivity contribution in [2.75, 3.05) is 0 Å². The highest BCUT2D eigenvalue weighted by Gasteiger charge is 2.61. The number of ketones is 1. The first-order chi connectivity index (χ1) is 14.7. The van der Waals surface area contributed by atoms with Crippen LogP contribution in [-0.2, 0) is 4.79 Å². The summed E-state index contributed by atoms with van der Waals surface area (Å²) in [6, 6.07) is 0. The molecule has 4 saturated carbocycles. The number of fused-ring (bicyclic) bond motifs is 5. The summed E-state index contributed by atoms with van der Waals surface area (Å²) in [5, 5.41) is 0. The number of Topliss-reactive ketones (excluding diaryl/α,β-unsaturated/α-hetero) is 1. The Morgan fingerprint density at radius 3 is 2.45 bits per heavy atom. The zero-order valence-corrected chi connectivity index (χ0v) is 21.3. The lowest BCUT2D eigenvalue weighted by Crippen LogP contribution is -2.55. The largest absolute Gasteiger partial charge is 0.299 e. The summed E-state index contributed by atoms with van der Waals surface area (Å²) in [5.41, 5.74) is 0.972. The minimum atomic E-state index is 0.253. The third-order valence-electron chi connectivity index (χ3n) is 11.3.